The van der Waals surface area contributed by atoms with Crippen molar-refractivity contribution in [1.29, 1.82) is 0 Å². The molecular weight excluding hydrogens is 709 g/mol. The third-order valence-corrected chi connectivity index (χ3v) is 10.1. The molecule has 0 aliphatic carbocycles. The largest absolute Gasteiger partial charge is 0.497 e. The predicted octanol–water partition coefficient (Wildman–Crippen LogP) is 10.5. The van der Waals surface area contributed by atoms with Crippen LogP contribution >= 0.6 is 46.1 Å². The molecular formula is C37H30IN3O2S2. The van der Waals surface area contributed by atoms with Crippen molar-refractivity contribution in [2.75, 3.05) is 19.1 Å². The summed E-state index contributed by atoms with van der Waals surface area (Å²) in [5.41, 5.74) is 5.02. The monoisotopic (exact) mass is 739 g/mol. The molecule has 8 heteroatoms. The van der Waals surface area contributed by atoms with Crippen molar-refractivity contribution in [1.82, 2.24) is 9.97 Å². The normalized spacial score (nSPS) is 12.0. The molecule has 0 saturated heterocycles. The van der Waals surface area contributed by atoms with Gasteiger partial charge in [-0.3, -0.25) is 9.88 Å². The lowest BCUT2D eigenvalue weighted by Gasteiger charge is -2.32. The maximum absolute atomic E-state index is 5.40. The number of hydrogen-bond acceptors (Lipinski definition) is 7. The van der Waals surface area contributed by atoms with Crippen LogP contribution in [0.15, 0.2) is 153 Å². The fourth-order valence-corrected chi connectivity index (χ4v) is 7.39. The van der Waals surface area contributed by atoms with E-state index in [9.17, 15) is 0 Å². The highest BCUT2D eigenvalue weighted by molar-refractivity contribution is 14.1. The minimum atomic E-state index is 0.847. The molecule has 6 aromatic rings. The number of methoxy groups -OCH3 is 2. The highest BCUT2D eigenvalue weighted by Crippen LogP contribution is 2.51. The Morgan fingerprint density at radius 1 is 0.578 bits per heavy atom. The number of benzene rings is 4. The Morgan fingerprint density at radius 3 is 1.87 bits per heavy atom. The molecule has 0 unspecified atom stereocenters. The van der Waals surface area contributed by atoms with Crippen LogP contribution in [0.5, 0.6) is 11.5 Å². The first-order chi connectivity index (χ1) is 22.1. The first kappa shape index (κ1) is 31.0. The van der Waals surface area contributed by atoms with Crippen molar-refractivity contribution >= 4 is 63.3 Å². The van der Waals surface area contributed by atoms with E-state index in [0.29, 0.717) is 0 Å². The zero-order chi connectivity index (χ0) is 31.0. The average molecular weight is 740 g/mol. The van der Waals surface area contributed by atoms with Crippen molar-refractivity contribution in [3.63, 3.8) is 0 Å². The summed E-state index contributed by atoms with van der Waals surface area (Å²) in [6.07, 6.45) is 4.61. The van der Waals surface area contributed by atoms with Gasteiger partial charge >= 0.3 is 0 Å². The maximum atomic E-state index is 5.40. The van der Waals surface area contributed by atoms with E-state index in [1.54, 1.807) is 32.2 Å². The van der Waals surface area contributed by atoms with Gasteiger partial charge in [0.15, 0.2) is 0 Å². The highest BCUT2D eigenvalue weighted by atomic mass is 127. The molecule has 0 bridgehead atoms. The molecule has 45 heavy (non-hydrogen) atoms. The number of fused-ring (bicyclic) bond motifs is 4. The number of para-hydroxylation sites is 1. The number of halogens is 1. The SMILES string of the molecule is COc1ccc2c(c1)Cc1ccccc1S2.COc1ccc2c(c1)N(c1ccccn1)c1ccccc1S2.Ic1ccccn1. The smallest absolute Gasteiger partial charge is 0.137 e. The van der Waals surface area contributed by atoms with Crippen LogP contribution in [0.3, 0.4) is 0 Å². The van der Waals surface area contributed by atoms with Gasteiger partial charge in [0.2, 0.25) is 0 Å². The standard InChI is InChI=1S/C18H14N2OS.C14H12OS.C5H4IN/c1-21-13-9-10-17-15(12-13)20(18-8-4-5-11-19-18)14-6-2-3-7-16(14)22-17;1-15-12-6-7-14-11(9-12)8-10-4-2-3-5-13(10)16-14;6-5-3-1-2-4-7-5/h2-12H,1H3;2-7,9H,8H2,1H3;1-4H. The average Bonchev–Trinajstić information content (AvgIpc) is 3.10. The van der Waals surface area contributed by atoms with Crippen molar-refractivity contribution in [3.8, 4) is 11.5 Å². The Hall–Kier alpha value is -3.99. The van der Waals surface area contributed by atoms with E-state index in [2.05, 4.69) is 110 Å². The number of pyridine rings is 2. The molecule has 4 heterocycles. The third-order valence-electron chi connectivity index (χ3n) is 7.08. The quantitative estimate of drug-likeness (QED) is 0.132. The van der Waals surface area contributed by atoms with Crippen LogP contribution in [0.4, 0.5) is 17.2 Å². The van der Waals surface area contributed by atoms with Gasteiger partial charge in [0.1, 0.15) is 21.0 Å². The first-order valence-corrected chi connectivity index (χ1v) is 17.0. The van der Waals surface area contributed by atoms with Crippen molar-refractivity contribution < 1.29 is 9.47 Å². The van der Waals surface area contributed by atoms with Gasteiger partial charge in [0.05, 0.1) is 25.6 Å². The van der Waals surface area contributed by atoms with Crippen LogP contribution < -0.4 is 14.4 Å². The van der Waals surface area contributed by atoms with Gasteiger partial charge in [-0.25, -0.2) is 4.98 Å². The lowest BCUT2D eigenvalue weighted by atomic mass is 10.0. The van der Waals surface area contributed by atoms with Gasteiger partial charge in [-0.05, 0) is 113 Å². The molecule has 224 valence electrons. The number of anilines is 3. The van der Waals surface area contributed by atoms with Crippen molar-refractivity contribution in [2.24, 2.45) is 0 Å². The fourth-order valence-electron chi connectivity index (χ4n) is 4.93. The van der Waals surface area contributed by atoms with Gasteiger partial charge in [0, 0.05) is 38.0 Å². The summed E-state index contributed by atoms with van der Waals surface area (Å²) in [4.78, 5) is 15.8. The molecule has 0 fully saturated rings. The minimum Gasteiger partial charge on any atom is -0.497 e. The number of hydrogen-bond donors (Lipinski definition) is 0. The number of ether oxygens (including phenoxy) is 2. The molecule has 0 radical (unpaired) electrons. The summed E-state index contributed by atoms with van der Waals surface area (Å²) in [5, 5.41) is 0. The second-order valence-electron chi connectivity index (χ2n) is 9.94. The van der Waals surface area contributed by atoms with Crippen LogP contribution in [0, 0.1) is 3.70 Å². The molecule has 2 aliphatic rings. The molecule has 0 atom stereocenters. The Labute approximate surface area is 286 Å². The number of nitrogens with zero attached hydrogens (tertiary/aromatic N) is 3. The summed E-state index contributed by atoms with van der Waals surface area (Å²) in [6, 6.07) is 41.2. The number of aromatic nitrogens is 2. The lowest BCUT2D eigenvalue weighted by Crippen LogP contribution is -2.15. The summed E-state index contributed by atoms with van der Waals surface area (Å²) < 4.78 is 11.7. The van der Waals surface area contributed by atoms with E-state index in [4.69, 9.17) is 9.47 Å². The van der Waals surface area contributed by atoms with E-state index in [-0.39, 0.29) is 0 Å². The Bertz CT molecular complexity index is 1890. The third kappa shape index (κ3) is 7.46. The second-order valence-corrected chi connectivity index (χ2v) is 13.2. The Morgan fingerprint density at radius 2 is 1.18 bits per heavy atom. The summed E-state index contributed by atoms with van der Waals surface area (Å²) >= 11 is 5.79. The molecule has 0 spiro atoms. The predicted molar refractivity (Wildman–Crippen MR) is 193 cm³/mol. The van der Waals surface area contributed by atoms with E-state index >= 15 is 0 Å². The lowest BCUT2D eigenvalue weighted by molar-refractivity contribution is 0.414. The molecule has 0 saturated carbocycles. The second kappa shape index (κ2) is 14.9. The number of rotatable bonds is 3. The molecule has 5 nitrogen and oxygen atoms in total. The first-order valence-electron chi connectivity index (χ1n) is 14.3. The Balaban J connectivity index is 0.000000135. The van der Waals surface area contributed by atoms with E-state index in [0.717, 1.165) is 38.8 Å². The van der Waals surface area contributed by atoms with Gasteiger partial charge in [-0.1, -0.05) is 66.0 Å². The van der Waals surface area contributed by atoms with Gasteiger partial charge in [-0.2, -0.15) is 0 Å². The molecule has 4 aromatic carbocycles. The van der Waals surface area contributed by atoms with Gasteiger partial charge < -0.3 is 9.47 Å². The van der Waals surface area contributed by atoms with Crippen LogP contribution in [-0.2, 0) is 6.42 Å². The van der Waals surface area contributed by atoms with Crippen molar-refractivity contribution in [3.05, 3.63) is 149 Å². The van der Waals surface area contributed by atoms with Crippen LogP contribution in [0.2, 0.25) is 0 Å². The maximum Gasteiger partial charge on any atom is 0.137 e. The van der Waals surface area contributed by atoms with Crippen molar-refractivity contribution in [2.45, 2.75) is 26.0 Å². The summed E-state index contributed by atoms with van der Waals surface area (Å²) in [7, 11) is 3.41. The van der Waals surface area contributed by atoms with Gasteiger partial charge in [0.25, 0.3) is 0 Å². The van der Waals surface area contributed by atoms with E-state index in [1.165, 1.54) is 30.7 Å². The van der Waals surface area contributed by atoms with Gasteiger partial charge in [-0.15, -0.1) is 0 Å². The van der Waals surface area contributed by atoms with Crippen LogP contribution in [-0.4, -0.2) is 24.2 Å². The zero-order valence-electron chi connectivity index (χ0n) is 24.8. The minimum absolute atomic E-state index is 0.847. The molecule has 0 N–H and O–H groups in total. The molecule has 0 amide bonds. The topological polar surface area (TPSA) is 47.5 Å². The Kier molecular flexibility index (Phi) is 10.2. The highest BCUT2D eigenvalue weighted by Gasteiger charge is 2.25. The molecule has 2 aromatic heterocycles. The van der Waals surface area contributed by atoms with Crippen LogP contribution in [0.25, 0.3) is 0 Å². The summed E-state index contributed by atoms with van der Waals surface area (Å²) in [6.45, 7) is 0. The molecule has 8 rings (SSSR count). The van der Waals surface area contributed by atoms with E-state index in [1.807, 2.05) is 66.5 Å². The fraction of sp³-hybridized carbons (Fsp3) is 0.0811. The molecule has 2 aliphatic heterocycles. The zero-order valence-corrected chi connectivity index (χ0v) is 28.6. The van der Waals surface area contributed by atoms with Crippen LogP contribution in [0.1, 0.15) is 11.1 Å². The van der Waals surface area contributed by atoms with E-state index < -0.39 is 0 Å². The summed E-state index contributed by atoms with van der Waals surface area (Å²) in [5.74, 6) is 2.70.